The Kier molecular flexibility index (Phi) is 5.11. The number of nitrogens with one attached hydrogen (secondary N) is 2. The van der Waals surface area contributed by atoms with E-state index in [0.717, 1.165) is 11.8 Å². The molecule has 1 amide bonds. The second-order valence-electron chi connectivity index (χ2n) is 5.38. The summed E-state index contributed by atoms with van der Waals surface area (Å²) in [5.41, 5.74) is 0.123. The number of rotatable bonds is 5. The predicted octanol–water partition coefficient (Wildman–Crippen LogP) is 2.85. The van der Waals surface area contributed by atoms with Crippen LogP contribution in [0.1, 0.15) is 37.7 Å². The number of carbonyl (C=O) groups is 1. The fourth-order valence-electron chi connectivity index (χ4n) is 1.69. The van der Waals surface area contributed by atoms with Crippen molar-refractivity contribution in [3.63, 3.8) is 0 Å². The lowest BCUT2D eigenvalue weighted by molar-refractivity contribution is -0.389. The van der Waals surface area contributed by atoms with Crippen molar-refractivity contribution >= 4 is 27.7 Å². The molecule has 1 aromatic rings. The van der Waals surface area contributed by atoms with E-state index in [-0.39, 0.29) is 28.9 Å². The molecular formula is C12H18BrN3O3. The zero-order chi connectivity index (χ0) is 14.6. The number of H-pyrrole nitrogens is 1. The third-order valence-electron chi connectivity index (χ3n) is 2.86. The Hall–Kier alpha value is -1.37. The lowest BCUT2D eigenvalue weighted by atomic mass is 9.85. The van der Waals surface area contributed by atoms with Crippen LogP contribution in [0.5, 0.6) is 0 Å². The van der Waals surface area contributed by atoms with Gasteiger partial charge in [-0.25, -0.2) is 4.98 Å². The highest BCUT2D eigenvalue weighted by atomic mass is 79.9. The third kappa shape index (κ3) is 4.34. The third-order valence-corrected chi connectivity index (χ3v) is 3.32. The van der Waals surface area contributed by atoms with Crippen LogP contribution in [0.2, 0.25) is 0 Å². The number of amides is 1. The van der Waals surface area contributed by atoms with Crippen LogP contribution in [0.15, 0.2) is 12.1 Å². The number of halogens is 1. The molecular weight excluding hydrogens is 314 g/mol. The number of aromatic amines is 1. The van der Waals surface area contributed by atoms with Gasteiger partial charge in [-0.05, 0) is 22.8 Å². The van der Waals surface area contributed by atoms with E-state index in [4.69, 9.17) is 0 Å². The summed E-state index contributed by atoms with van der Waals surface area (Å²) in [6.07, 6.45) is 0.790. The van der Waals surface area contributed by atoms with E-state index < -0.39 is 4.92 Å². The molecule has 0 aliphatic rings. The minimum atomic E-state index is -0.559. The zero-order valence-electron chi connectivity index (χ0n) is 11.2. The Bertz CT molecular complexity index is 465. The molecule has 19 heavy (non-hydrogen) atoms. The van der Waals surface area contributed by atoms with E-state index in [0.29, 0.717) is 0 Å². The fraction of sp³-hybridized carbons (Fsp3) is 0.583. The lowest BCUT2D eigenvalue weighted by Crippen LogP contribution is -2.44. The molecule has 0 fully saturated rings. The van der Waals surface area contributed by atoms with Gasteiger partial charge in [0.25, 0.3) is 5.91 Å². The molecule has 1 rings (SSSR count). The Morgan fingerprint density at radius 1 is 1.53 bits per heavy atom. The van der Waals surface area contributed by atoms with Crippen LogP contribution in [0.4, 0.5) is 5.82 Å². The summed E-state index contributed by atoms with van der Waals surface area (Å²) < 4.78 is 0. The average molecular weight is 332 g/mol. The molecule has 1 atom stereocenters. The van der Waals surface area contributed by atoms with Crippen molar-refractivity contribution in [2.24, 2.45) is 5.41 Å². The van der Waals surface area contributed by atoms with Crippen LogP contribution in [-0.4, -0.2) is 27.2 Å². The van der Waals surface area contributed by atoms with Crippen molar-refractivity contribution in [3.8, 4) is 0 Å². The van der Waals surface area contributed by atoms with E-state index in [1.165, 1.54) is 12.1 Å². The minimum absolute atomic E-state index is 0.0123. The van der Waals surface area contributed by atoms with Gasteiger partial charge in [0.15, 0.2) is 5.69 Å². The van der Waals surface area contributed by atoms with Crippen LogP contribution in [-0.2, 0) is 0 Å². The van der Waals surface area contributed by atoms with Crippen LogP contribution in [0.3, 0.4) is 0 Å². The van der Waals surface area contributed by atoms with E-state index in [2.05, 4.69) is 26.2 Å². The molecule has 0 aliphatic heterocycles. The predicted molar refractivity (Wildman–Crippen MR) is 76.6 cm³/mol. The Morgan fingerprint density at radius 2 is 2.16 bits per heavy atom. The molecule has 0 aromatic carbocycles. The molecule has 0 bridgehead atoms. The summed E-state index contributed by atoms with van der Waals surface area (Å²) in [4.78, 5) is 24.5. The van der Waals surface area contributed by atoms with Gasteiger partial charge < -0.3 is 15.4 Å². The quantitative estimate of drug-likeness (QED) is 0.494. The molecule has 2 N–H and O–H groups in total. The maximum atomic E-state index is 12.0. The van der Waals surface area contributed by atoms with Gasteiger partial charge in [0.05, 0.1) is 0 Å². The SMILES string of the molecule is CC(C)(C)C(CCBr)NC(=O)c1ccc([N+](=O)[O-])[nH]1. The lowest BCUT2D eigenvalue weighted by Gasteiger charge is -2.30. The van der Waals surface area contributed by atoms with Gasteiger partial charge in [-0.15, -0.1) is 0 Å². The molecule has 0 radical (unpaired) electrons. The number of hydrogen-bond acceptors (Lipinski definition) is 3. The van der Waals surface area contributed by atoms with Gasteiger partial charge in [-0.3, -0.25) is 4.79 Å². The molecule has 0 aliphatic carbocycles. The van der Waals surface area contributed by atoms with Crippen LogP contribution in [0.25, 0.3) is 0 Å². The fourth-order valence-corrected chi connectivity index (χ4v) is 2.15. The first-order valence-corrected chi connectivity index (χ1v) is 7.08. The summed E-state index contributed by atoms with van der Waals surface area (Å²) in [6, 6.07) is 2.69. The summed E-state index contributed by atoms with van der Waals surface area (Å²) in [6.45, 7) is 6.12. The Labute approximate surface area is 120 Å². The van der Waals surface area contributed by atoms with Crippen LogP contribution >= 0.6 is 15.9 Å². The van der Waals surface area contributed by atoms with Crippen molar-refractivity contribution in [2.75, 3.05) is 5.33 Å². The largest absolute Gasteiger partial charge is 0.358 e. The molecule has 1 heterocycles. The normalized spacial score (nSPS) is 13.1. The first kappa shape index (κ1) is 15.7. The second-order valence-corrected chi connectivity index (χ2v) is 6.18. The van der Waals surface area contributed by atoms with Crippen LogP contribution < -0.4 is 5.32 Å². The highest BCUT2D eigenvalue weighted by molar-refractivity contribution is 9.09. The molecule has 6 nitrogen and oxygen atoms in total. The van der Waals surface area contributed by atoms with E-state index in [1.54, 1.807) is 0 Å². The number of hydrogen-bond donors (Lipinski definition) is 2. The zero-order valence-corrected chi connectivity index (χ0v) is 12.8. The van der Waals surface area contributed by atoms with Gasteiger partial charge in [-0.2, -0.15) is 0 Å². The van der Waals surface area contributed by atoms with Gasteiger partial charge in [-0.1, -0.05) is 36.7 Å². The number of alkyl halides is 1. The first-order valence-electron chi connectivity index (χ1n) is 5.96. The number of carbonyl (C=O) groups excluding carboxylic acids is 1. The summed E-state index contributed by atoms with van der Waals surface area (Å²) in [5.74, 6) is -0.507. The van der Waals surface area contributed by atoms with Gasteiger partial charge in [0.2, 0.25) is 0 Å². The number of nitro groups is 1. The molecule has 0 spiro atoms. The van der Waals surface area contributed by atoms with Crippen LogP contribution in [0, 0.1) is 15.5 Å². The highest BCUT2D eigenvalue weighted by Gasteiger charge is 2.27. The average Bonchev–Trinajstić information content (AvgIpc) is 2.76. The molecule has 1 unspecified atom stereocenters. The van der Waals surface area contributed by atoms with Crippen molar-refractivity contribution in [1.82, 2.24) is 10.3 Å². The standard InChI is InChI=1S/C12H18BrN3O3/c1-12(2,3)9(6-7-13)15-11(17)8-4-5-10(14-8)16(18)19/h4-5,9,14H,6-7H2,1-3H3,(H,15,17). The number of nitrogens with zero attached hydrogens (tertiary/aromatic N) is 1. The van der Waals surface area contributed by atoms with Crippen molar-refractivity contribution in [3.05, 3.63) is 27.9 Å². The molecule has 1 aromatic heterocycles. The van der Waals surface area contributed by atoms with Crippen molar-refractivity contribution in [2.45, 2.75) is 33.2 Å². The molecule has 0 saturated heterocycles. The topological polar surface area (TPSA) is 88.0 Å². The summed E-state index contributed by atoms with van der Waals surface area (Å²) in [7, 11) is 0. The molecule has 0 saturated carbocycles. The summed E-state index contributed by atoms with van der Waals surface area (Å²) >= 11 is 3.36. The smallest absolute Gasteiger partial charge is 0.321 e. The van der Waals surface area contributed by atoms with E-state index in [9.17, 15) is 14.9 Å². The van der Waals surface area contributed by atoms with E-state index in [1.807, 2.05) is 20.8 Å². The summed E-state index contributed by atoms with van der Waals surface area (Å²) in [5, 5.41) is 14.2. The minimum Gasteiger partial charge on any atom is -0.358 e. The molecule has 7 heteroatoms. The molecule has 106 valence electrons. The number of aromatic nitrogens is 1. The van der Waals surface area contributed by atoms with Gasteiger partial charge in [0, 0.05) is 17.4 Å². The van der Waals surface area contributed by atoms with Gasteiger partial charge in [0.1, 0.15) is 0 Å². The van der Waals surface area contributed by atoms with Crippen molar-refractivity contribution in [1.29, 1.82) is 0 Å². The maximum Gasteiger partial charge on any atom is 0.321 e. The van der Waals surface area contributed by atoms with Gasteiger partial charge >= 0.3 is 5.82 Å². The monoisotopic (exact) mass is 331 g/mol. The second kappa shape index (κ2) is 6.18. The maximum absolute atomic E-state index is 12.0. The Morgan fingerprint density at radius 3 is 2.58 bits per heavy atom. The van der Waals surface area contributed by atoms with Crippen molar-refractivity contribution < 1.29 is 9.72 Å². The Balaban J connectivity index is 2.78. The van der Waals surface area contributed by atoms with E-state index >= 15 is 0 Å². The first-order chi connectivity index (χ1) is 8.75. The highest BCUT2D eigenvalue weighted by Crippen LogP contribution is 2.23.